The van der Waals surface area contributed by atoms with Crippen molar-refractivity contribution in [2.45, 2.75) is 6.54 Å². The van der Waals surface area contributed by atoms with E-state index in [2.05, 4.69) is 45.6 Å². The van der Waals surface area contributed by atoms with E-state index in [4.69, 9.17) is 0 Å². The number of nitrogens with one attached hydrogen (secondary N) is 2. The predicted octanol–water partition coefficient (Wildman–Crippen LogP) is 3.16. The number of para-hydroxylation sites is 1. The van der Waals surface area contributed by atoms with E-state index >= 15 is 0 Å². The summed E-state index contributed by atoms with van der Waals surface area (Å²) in [6, 6.07) is 10.5. The largest absolute Gasteiger partial charge is 0.380 e. The van der Waals surface area contributed by atoms with Crippen LogP contribution in [0, 0.1) is 0 Å². The first-order valence-electron chi connectivity index (χ1n) is 5.72. The van der Waals surface area contributed by atoms with Gasteiger partial charge in [-0.2, -0.15) is 0 Å². The van der Waals surface area contributed by atoms with Crippen LogP contribution in [0.1, 0.15) is 5.56 Å². The molecule has 0 saturated heterocycles. The lowest BCUT2D eigenvalue weighted by atomic mass is 10.0. The van der Waals surface area contributed by atoms with Crippen LogP contribution in [0.2, 0.25) is 0 Å². The van der Waals surface area contributed by atoms with Crippen LogP contribution < -0.4 is 5.32 Å². The number of hydrogen-bond acceptors (Lipinski definition) is 2. The molecule has 3 nitrogen and oxygen atoms in total. The average molecular weight is 221 g/mol. The summed E-state index contributed by atoms with van der Waals surface area (Å²) in [6.45, 7) is 0.843. The zero-order valence-corrected chi connectivity index (χ0v) is 9.20. The molecular weight excluding hydrogens is 210 g/mol. The van der Waals surface area contributed by atoms with E-state index < -0.39 is 0 Å². The summed E-state index contributed by atoms with van der Waals surface area (Å²) in [6.07, 6.45) is 3.90. The minimum absolute atomic E-state index is 0.843. The van der Waals surface area contributed by atoms with Gasteiger partial charge in [-0.15, -0.1) is 0 Å². The molecule has 4 rings (SSSR count). The Bertz CT molecular complexity index is 712. The maximum absolute atomic E-state index is 4.38. The second-order valence-corrected chi connectivity index (χ2v) is 4.30. The molecule has 0 amide bonds. The molecule has 0 radical (unpaired) electrons. The molecule has 0 spiro atoms. The van der Waals surface area contributed by atoms with Gasteiger partial charge in [-0.1, -0.05) is 18.2 Å². The number of nitrogens with zero attached hydrogens (tertiary/aromatic N) is 1. The summed E-state index contributed by atoms with van der Waals surface area (Å²) in [4.78, 5) is 7.60. The number of H-pyrrole nitrogens is 1. The lowest BCUT2D eigenvalue weighted by Crippen LogP contribution is -1.96. The van der Waals surface area contributed by atoms with Crippen LogP contribution >= 0.6 is 0 Å². The van der Waals surface area contributed by atoms with Gasteiger partial charge in [0.2, 0.25) is 0 Å². The van der Waals surface area contributed by atoms with Crippen LogP contribution in [0.15, 0.2) is 42.7 Å². The van der Waals surface area contributed by atoms with Crippen LogP contribution in [-0.2, 0) is 6.54 Å². The summed E-state index contributed by atoms with van der Waals surface area (Å²) < 4.78 is 0. The molecule has 17 heavy (non-hydrogen) atoms. The standard InChI is InChI=1S/C14H11N3/c1-2-4-12-10(3-1)11-5-6-15-14-13(11)9(7-16-12)8-17-14/h1-6,8,16H,7H2,(H,15,17). The smallest absolute Gasteiger partial charge is 0.138 e. The highest BCUT2D eigenvalue weighted by atomic mass is 14.9. The third-order valence-corrected chi connectivity index (χ3v) is 3.34. The molecule has 82 valence electrons. The van der Waals surface area contributed by atoms with Crippen molar-refractivity contribution < 1.29 is 0 Å². The monoisotopic (exact) mass is 221 g/mol. The quantitative estimate of drug-likeness (QED) is 0.612. The molecule has 0 fully saturated rings. The predicted molar refractivity (Wildman–Crippen MR) is 68.9 cm³/mol. The van der Waals surface area contributed by atoms with E-state index in [9.17, 15) is 0 Å². The number of rotatable bonds is 0. The van der Waals surface area contributed by atoms with Gasteiger partial charge in [0.15, 0.2) is 0 Å². The Morgan fingerprint density at radius 1 is 1.06 bits per heavy atom. The van der Waals surface area contributed by atoms with Crippen molar-refractivity contribution in [2.24, 2.45) is 0 Å². The number of fused-ring (bicyclic) bond motifs is 2. The van der Waals surface area contributed by atoms with Gasteiger partial charge >= 0.3 is 0 Å². The van der Waals surface area contributed by atoms with Gasteiger partial charge in [0.25, 0.3) is 0 Å². The lowest BCUT2D eigenvalue weighted by Gasteiger charge is -2.08. The number of benzene rings is 1. The first kappa shape index (κ1) is 8.82. The Kier molecular flexibility index (Phi) is 1.61. The molecule has 2 aromatic heterocycles. The van der Waals surface area contributed by atoms with Crippen molar-refractivity contribution in [3.8, 4) is 11.1 Å². The molecule has 1 aliphatic rings. The van der Waals surface area contributed by atoms with Crippen LogP contribution in [0.5, 0.6) is 0 Å². The van der Waals surface area contributed by atoms with Gasteiger partial charge < -0.3 is 10.3 Å². The molecule has 0 unspecified atom stereocenters. The van der Waals surface area contributed by atoms with Crippen molar-refractivity contribution in [1.82, 2.24) is 9.97 Å². The number of pyridine rings is 1. The fourth-order valence-corrected chi connectivity index (χ4v) is 2.55. The van der Waals surface area contributed by atoms with Gasteiger partial charge in [-0.05, 0) is 23.3 Å². The number of aromatic amines is 1. The topological polar surface area (TPSA) is 40.7 Å². The van der Waals surface area contributed by atoms with Crippen molar-refractivity contribution in [1.29, 1.82) is 0 Å². The zero-order valence-electron chi connectivity index (χ0n) is 9.20. The van der Waals surface area contributed by atoms with Crippen molar-refractivity contribution >= 4 is 16.7 Å². The minimum Gasteiger partial charge on any atom is -0.380 e. The second-order valence-electron chi connectivity index (χ2n) is 4.30. The average Bonchev–Trinajstić information content (AvgIpc) is 2.72. The van der Waals surface area contributed by atoms with Gasteiger partial charge in [0, 0.05) is 35.6 Å². The summed E-state index contributed by atoms with van der Waals surface area (Å²) >= 11 is 0. The van der Waals surface area contributed by atoms with E-state index in [1.54, 1.807) is 0 Å². The highest BCUT2D eigenvalue weighted by Crippen LogP contribution is 2.37. The molecule has 3 aromatic rings. The fraction of sp³-hybridized carbons (Fsp3) is 0.0714. The number of aromatic nitrogens is 2. The molecule has 0 aliphatic carbocycles. The fourth-order valence-electron chi connectivity index (χ4n) is 2.55. The Labute approximate surface area is 98.5 Å². The molecule has 0 bridgehead atoms. The Morgan fingerprint density at radius 3 is 3.00 bits per heavy atom. The van der Waals surface area contributed by atoms with Crippen molar-refractivity contribution in [2.75, 3.05) is 5.32 Å². The number of anilines is 1. The highest BCUT2D eigenvalue weighted by Gasteiger charge is 2.16. The van der Waals surface area contributed by atoms with E-state index in [1.165, 1.54) is 27.8 Å². The molecule has 0 atom stereocenters. The van der Waals surface area contributed by atoms with E-state index in [0.717, 1.165) is 12.2 Å². The van der Waals surface area contributed by atoms with E-state index in [1.807, 2.05) is 12.4 Å². The van der Waals surface area contributed by atoms with Crippen LogP contribution in [0.25, 0.3) is 22.2 Å². The molecule has 0 saturated carbocycles. The minimum atomic E-state index is 0.843. The maximum atomic E-state index is 4.38. The second kappa shape index (κ2) is 3.10. The van der Waals surface area contributed by atoms with Gasteiger partial charge in [0.05, 0.1) is 0 Å². The molecule has 3 heteroatoms. The lowest BCUT2D eigenvalue weighted by molar-refractivity contribution is 1.17. The van der Waals surface area contributed by atoms with Crippen molar-refractivity contribution in [3.63, 3.8) is 0 Å². The first-order chi connectivity index (χ1) is 8.43. The van der Waals surface area contributed by atoms with Crippen molar-refractivity contribution in [3.05, 3.63) is 48.3 Å². The highest BCUT2D eigenvalue weighted by molar-refractivity contribution is 6.00. The number of hydrogen-bond donors (Lipinski definition) is 2. The zero-order chi connectivity index (χ0) is 11.2. The Balaban J connectivity index is 2.18. The third kappa shape index (κ3) is 1.13. The SMILES string of the molecule is c1ccc2c(c1)NCc1c[nH]c3nccc-2c13. The summed E-state index contributed by atoms with van der Waals surface area (Å²) in [5.41, 5.74) is 5.94. The Hall–Kier alpha value is -2.29. The summed E-state index contributed by atoms with van der Waals surface area (Å²) in [5, 5.41) is 4.71. The molecule has 1 aromatic carbocycles. The van der Waals surface area contributed by atoms with Crippen LogP contribution in [0.4, 0.5) is 5.69 Å². The summed E-state index contributed by atoms with van der Waals surface area (Å²) in [7, 11) is 0. The van der Waals surface area contributed by atoms with Gasteiger partial charge in [-0.25, -0.2) is 4.98 Å². The molecule has 3 heterocycles. The first-order valence-corrected chi connectivity index (χ1v) is 5.72. The third-order valence-electron chi connectivity index (χ3n) is 3.34. The van der Waals surface area contributed by atoms with Crippen LogP contribution in [-0.4, -0.2) is 9.97 Å². The Morgan fingerprint density at radius 2 is 2.00 bits per heavy atom. The maximum Gasteiger partial charge on any atom is 0.138 e. The molecular formula is C14H11N3. The summed E-state index contributed by atoms with van der Waals surface area (Å²) in [5.74, 6) is 0. The van der Waals surface area contributed by atoms with Crippen LogP contribution in [0.3, 0.4) is 0 Å². The van der Waals surface area contributed by atoms with Gasteiger partial charge in [0.1, 0.15) is 5.65 Å². The van der Waals surface area contributed by atoms with Gasteiger partial charge in [-0.3, -0.25) is 0 Å². The van der Waals surface area contributed by atoms with E-state index in [0.29, 0.717) is 0 Å². The normalized spacial score (nSPS) is 12.9. The molecule has 1 aliphatic heterocycles. The van der Waals surface area contributed by atoms with E-state index in [-0.39, 0.29) is 0 Å². The molecule has 2 N–H and O–H groups in total.